The number of hydrogen-bond donors (Lipinski definition) is 0. The summed E-state index contributed by atoms with van der Waals surface area (Å²) in [5.74, 6) is 0.0189. The average Bonchev–Trinajstić information content (AvgIpc) is 3.16. The van der Waals surface area contributed by atoms with Gasteiger partial charge in [-0.15, -0.1) is 0 Å². The molecule has 1 fully saturated rings. The number of morpholine rings is 1. The van der Waals surface area contributed by atoms with E-state index in [9.17, 15) is 4.79 Å². The summed E-state index contributed by atoms with van der Waals surface area (Å²) in [7, 11) is 0. The first-order valence-corrected chi connectivity index (χ1v) is 11.4. The molecule has 5 nitrogen and oxygen atoms in total. The van der Waals surface area contributed by atoms with Gasteiger partial charge in [0.25, 0.3) is 5.91 Å². The van der Waals surface area contributed by atoms with Gasteiger partial charge >= 0.3 is 0 Å². The molecular weight excluding hydrogens is 394 g/mol. The smallest absolute Gasteiger partial charge is 0.260 e. The lowest BCUT2D eigenvalue weighted by Gasteiger charge is -2.27. The van der Waals surface area contributed by atoms with Crippen molar-refractivity contribution >= 4 is 32.6 Å². The van der Waals surface area contributed by atoms with E-state index in [4.69, 9.17) is 9.72 Å². The van der Waals surface area contributed by atoms with E-state index in [1.165, 1.54) is 5.56 Å². The van der Waals surface area contributed by atoms with Crippen molar-refractivity contribution in [3.8, 4) is 0 Å². The van der Waals surface area contributed by atoms with Gasteiger partial charge in [0.1, 0.15) is 0 Å². The van der Waals surface area contributed by atoms with E-state index in [2.05, 4.69) is 30.9 Å². The van der Waals surface area contributed by atoms with Crippen molar-refractivity contribution in [1.29, 1.82) is 0 Å². The van der Waals surface area contributed by atoms with Gasteiger partial charge in [-0.2, -0.15) is 0 Å². The summed E-state index contributed by atoms with van der Waals surface area (Å²) in [6.45, 7) is 11.4. The lowest BCUT2D eigenvalue weighted by Crippen LogP contribution is -2.39. The number of benzene rings is 2. The second-order valence-electron chi connectivity index (χ2n) is 8.06. The van der Waals surface area contributed by atoms with E-state index in [1.54, 1.807) is 11.3 Å². The Morgan fingerprint density at radius 3 is 2.57 bits per heavy atom. The summed E-state index contributed by atoms with van der Waals surface area (Å²) < 4.78 is 6.58. The van der Waals surface area contributed by atoms with Gasteiger partial charge in [0.2, 0.25) is 0 Å². The second-order valence-corrected chi connectivity index (χ2v) is 9.06. The largest absolute Gasteiger partial charge is 0.379 e. The molecule has 1 aromatic heterocycles. The topological polar surface area (TPSA) is 45.7 Å². The van der Waals surface area contributed by atoms with Crippen LogP contribution in [0.15, 0.2) is 36.4 Å². The van der Waals surface area contributed by atoms with E-state index in [0.29, 0.717) is 12.1 Å². The number of aryl methyl sites for hydroxylation is 3. The third kappa shape index (κ3) is 4.72. The summed E-state index contributed by atoms with van der Waals surface area (Å²) in [5, 5.41) is 0.784. The molecule has 1 aliphatic rings. The van der Waals surface area contributed by atoms with Crippen molar-refractivity contribution in [3.05, 3.63) is 58.7 Å². The number of aromatic nitrogens is 1. The molecule has 0 N–H and O–H groups in total. The van der Waals surface area contributed by atoms with Gasteiger partial charge in [0.15, 0.2) is 5.13 Å². The van der Waals surface area contributed by atoms with Crippen molar-refractivity contribution in [1.82, 2.24) is 9.88 Å². The third-order valence-electron chi connectivity index (χ3n) is 5.55. The van der Waals surface area contributed by atoms with Crippen LogP contribution in [-0.4, -0.2) is 55.2 Å². The fourth-order valence-electron chi connectivity index (χ4n) is 3.89. The Balaban J connectivity index is 1.59. The van der Waals surface area contributed by atoms with Crippen LogP contribution in [0.25, 0.3) is 10.2 Å². The van der Waals surface area contributed by atoms with Gasteiger partial charge in [0, 0.05) is 31.7 Å². The molecular formula is C24H29N3O2S. The lowest BCUT2D eigenvalue weighted by atomic mass is 10.1. The van der Waals surface area contributed by atoms with E-state index in [0.717, 1.165) is 65.7 Å². The van der Waals surface area contributed by atoms with Crippen molar-refractivity contribution in [3.63, 3.8) is 0 Å². The normalized spacial score (nSPS) is 14.9. The first-order valence-electron chi connectivity index (χ1n) is 10.6. The highest BCUT2D eigenvalue weighted by atomic mass is 32.1. The monoisotopic (exact) mass is 423 g/mol. The number of thiazole rings is 1. The first kappa shape index (κ1) is 21.0. The molecule has 1 amide bonds. The van der Waals surface area contributed by atoms with E-state index < -0.39 is 0 Å². The molecule has 6 heteroatoms. The highest BCUT2D eigenvalue weighted by Crippen LogP contribution is 2.32. The average molecular weight is 424 g/mol. The Morgan fingerprint density at radius 1 is 1.10 bits per heavy atom. The zero-order valence-electron chi connectivity index (χ0n) is 18.0. The van der Waals surface area contributed by atoms with Gasteiger partial charge in [-0.1, -0.05) is 35.1 Å². The summed E-state index contributed by atoms with van der Waals surface area (Å²) in [4.78, 5) is 22.6. The SMILES string of the molecule is Cc1ccc(C(=O)N(CCCN2CCOCC2)c2nc3c(C)cc(C)cc3s2)cc1. The van der Waals surface area contributed by atoms with Crippen molar-refractivity contribution in [2.75, 3.05) is 44.3 Å². The molecule has 0 atom stereocenters. The lowest BCUT2D eigenvalue weighted by molar-refractivity contribution is 0.0376. The fourth-order valence-corrected chi connectivity index (χ4v) is 5.05. The van der Waals surface area contributed by atoms with Crippen molar-refractivity contribution < 1.29 is 9.53 Å². The molecule has 0 aliphatic carbocycles. The van der Waals surface area contributed by atoms with Crippen LogP contribution in [0.5, 0.6) is 0 Å². The van der Waals surface area contributed by atoms with E-state index in [1.807, 2.05) is 36.1 Å². The van der Waals surface area contributed by atoms with Crippen LogP contribution in [0, 0.1) is 20.8 Å². The fraction of sp³-hybridized carbons (Fsp3) is 0.417. The molecule has 0 unspecified atom stereocenters. The molecule has 2 aromatic carbocycles. The Labute approximate surface area is 182 Å². The first-order chi connectivity index (χ1) is 14.5. The molecule has 0 radical (unpaired) electrons. The van der Waals surface area contributed by atoms with E-state index in [-0.39, 0.29) is 5.91 Å². The van der Waals surface area contributed by atoms with Gasteiger partial charge in [-0.3, -0.25) is 14.6 Å². The maximum Gasteiger partial charge on any atom is 0.260 e. The summed E-state index contributed by atoms with van der Waals surface area (Å²) >= 11 is 1.61. The van der Waals surface area contributed by atoms with Crippen LogP contribution < -0.4 is 4.90 Å². The Kier molecular flexibility index (Phi) is 6.46. The van der Waals surface area contributed by atoms with Gasteiger partial charge in [0.05, 0.1) is 23.4 Å². The van der Waals surface area contributed by atoms with Gasteiger partial charge < -0.3 is 4.74 Å². The number of nitrogens with zero attached hydrogens (tertiary/aromatic N) is 3. The number of ether oxygens (including phenoxy) is 1. The molecule has 2 heterocycles. The minimum Gasteiger partial charge on any atom is -0.379 e. The number of anilines is 1. The molecule has 1 aliphatic heterocycles. The third-order valence-corrected chi connectivity index (χ3v) is 6.58. The predicted octanol–water partition coefficient (Wildman–Crippen LogP) is 4.59. The highest BCUT2D eigenvalue weighted by molar-refractivity contribution is 7.22. The summed E-state index contributed by atoms with van der Waals surface area (Å²) in [6.07, 6.45) is 0.908. The molecule has 4 rings (SSSR count). The minimum atomic E-state index is 0.0189. The predicted molar refractivity (Wildman–Crippen MR) is 124 cm³/mol. The quantitative estimate of drug-likeness (QED) is 0.582. The van der Waals surface area contributed by atoms with Crippen molar-refractivity contribution in [2.24, 2.45) is 0 Å². The van der Waals surface area contributed by atoms with Gasteiger partial charge in [-0.25, -0.2) is 4.98 Å². The summed E-state index contributed by atoms with van der Waals surface area (Å²) in [6, 6.07) is 12.1. The van der Waals surface area contributed by atoms with E-state index >= 15 is 0 Å². The molecule has 158 valence electrons. The number of fused-ring (bicyclic) bond motifs is 1. The second kappa shape index (κ2) is 9.25. The van der Waals surface area contributed by atoms with Crippen LogP contribution in [0.3, 0.4) is 0 Å². The van der Waals surface area contributed by atoms with Gasteiger partial charge in [-0.05, 0) is 56.5 Å². The molecule has 3 aromatic rings. The highest BCUT2D eigenvalue weighted by Gasteiger charge is 2.22. The standard InChI is InChI=1S/C24H29N3O2S/c1-17-5-7-20(8-6-17)23(28)27(10-4-9-26-11-13-29-14-12-26)24-25-22-19(3)15-18(2)16-21(22)30-24/h5-8,15-16H,4,9-14H2,1-3H3. The number of hydrogen-bond acceptors (Lipinski definition) is 5. The number of rotatable bonds is 6. The Bertz CT molecular complexity index is 1020. The van der Waals surface area contributed by atoms with Crippen LogP contribution in [0.4, 0.5) is 5.13 Å². The number of carbonyl (C=O) groups is 1. The number of carbonyl (C=O) groups excluding carboxylic acids is 1. The number of amides is 1. The Morgan fingerprint density at radius 2 is 1.83 bits per heavy atom. The molecule has 1 saturated heterocycles. The maximum absolute atomic E-state index is 13.4. The molecule has 30 heavy (non-hydrogen) atoms. The van der Waals surface area contributed by atoms with Crippen LogP contribution >= 0.6 is 11.3 Å². The zero-order chi connectivity index (χ0) is 21.1. The van der Waals surface area contributed by atoms with Crippen LogP contribution in [-0.2, 0) is 4.74 Å². The zero-order valence-corrected chi connectivity index (χ0v) is 18.8. The van der Waals surface area contributed by atoms with Crippen molar-refractivity contribution in [2.45, 2.75) is 27.2 Å². The Hall–Kier alpha value is -2.28. The summed E-state index contributed by atoms with van der Waals surface area (Å²) in [5.41, 5.74) is 5.23. The van der Waals surface area contributed by atoms with Crippen LogP contribution in [0.2, 0.25) is 0 Å². The molecule has 0 saturated carbocycles. The molecule has 0 bridgehead atoms. The van der Waals surface area contributed by atoms with Crippen LogP contribution in [0.1, 0.15) is 33.5 Å². The maximum atomic E-state index is 13.4. The molecule has 0 spiro atoms. The minimum absolute atomic E-state index is 0.0189.